The van der Waals surface area contributed by atoms with Gasteiger partial charge < -0.3 is 19.8 Å². The Morgan fingerprint density at radius 1 is 0.812 bits per heavy atom. The van der Waals surface area contributed by atoms with Gasteiger partial charge in [0.25, 0.3) is 0 Å². The Hall–Kier alpha value is -2.78. The van der Waals surface area contributed by atoms with Crippen molar-refractivity contribution in [1.82, 2.24) is 30.8 Å². The number of carboxylic acid groups (broad SMARTS) is 2. The second-order valence-electron chi connectivity index (χ2n) is 2.62. The molecular formula is C6H2N6O4-2. The van der Waals surface area contributed by atoms with Crippen LogP contribution in [-0.4, -0.2) is 42.8 Å². The third-order valence-electron chi connectivity index (χ3n) is 1.71. The van der Waals surface area contributed by atoms with E-state index >= 15 is 0 Å². The van der Waals surface area contributed by atoms with Crippen molar-refractivity contribution in [2.45, 2.75) is 0 Å². The first-order valence-corrected chi connectivity index (χ1v) is 3.86. The van der Waals surface area contributed by atoms with E-state index in [2.05, 4.69) is 20.4 Å². The first kappa shape index (κ1) is 9.76. The van der Waals surface area contributed by atoms with Gasteiger partial charge in [-0.1, -0.05) is 0 Å². The van der Waals surface area contributed by atoms with Gasteiger partial charge in [0.05, 0.1) is 11.9 Å². The molecule has 0 unspecified atom stereocenters. The third-order valence-corrected chi connectivity index (χ3v) is 1.71. The summed E-state index contributed by atoms with van der Waals surface area (Å²) in [4.78, 5) is 21.2. The minimum atomic E-state index is -1.61. The number of carbonyl (C=O) groups excluding carboxylic acids is 2. The van der Waals surface area contributed by atoms with Crippen molar-refractivity contribution in [2.75, 3.05) is 0 Å². The highest BCUT2D eigenvalue weighted by atomic mass is 16.4. The molecule has 0 spiro atoms. The van der Waals surface area contributed by atoms with Crippen molar-refractivity contribution in [1.29, 1.82) is 0 Å². The van der Waals surface area contributed by atoms with Crippen molar-refractivity contribution >= 4 is 11.9 Å². The molecule has 82 valence electrons. The number of nitrogens with one attached hydrogen (secondary N) is 2. The molecule has 0 bridgehead atoms. The lowest BCUT2D eigenvalue weighted by Gasteiger charge is -2.00. The average molecular weight is 222 g/mol. The van der Waals surface area contributed by atoms with Crippen LogP contribution in [-0.2, 0) is 0 Å². The van der Waals surface area contributed by atoms with Gasteiger partial charge in [0, 0.05) is 0 Å². The van der Waals surface area contributed by atoms with E-state index in [1.807, 2.05) is 10.4 Å². The van der Waals surface area contributed by atoms with Gasteiger partial charge >= 0.3 is 0 Å². The number of hydrogen-bond donors (Lipinski definition) is 2. The van der Waals surface area contributed by atoms with Crippen molar-refractivity contribution in [2.24, 2.45) is 0 Å². The predicted octanol–water partition coefficient (Wildman–Crippen LogP) is -3.68. The van der Waals surface area contributed by atoms with Crippen LogP contribution in [0.15, 0.2) is 0 Å². The van der Waals surface area contributed by atoms with E-state index in [1.165, 1.54) is 0 Å². The summed E-state index contributed by atoms with van der Waals surface area (Å²) in [5, 5.41) is 38.7. The molecule has 0 atom stereocenters. The van der Waals surface area contributed by atoms with Crippen molar-refractivity contribution in [3.05, 3.63) is 11.4 Å². The Kier molecular flexibility index (Phi) is 2.08. The Morgan fingerprint density at radius 2 is 1.19 bits per heavy atom. The van der Waals surface area contributed by atoms with Crippen LogP contribution in [0.25, 0.3) is 11.4 Å². The van der Waals surface area contributed by atoms with Gasteiger partial charge in [-0.05, 0) is 0 Å². The summed E-state index contributed by atoms with van der Waals surface area (Å²) in [6.45, 7) is 0. The van der Waals surface area contributed by atoms with Gasteiger partial charge in [-0.25, -0.2) is 0 Å². The molecule has 0 radical (unpaired) electrons. The van der Waals surface area contributed by atoms with Crippen molar-refractivity contribution < 1.29 is 19.8 Å². The highest BCUT2D eigenvalue weighted by Crippen LogP contribution is 2.18. The number of aromatic carboxylic acids is 2. The van der Waals surface area contributed by atoms with Crippen LogP contribution < -0.4 is 10.2 Å². The molecule has 0 aromatic carbocycles. The standard InChI is InChI=1S/C6H4N6O4/c13-5(14)3-1(7-11-9-3)2-4(6(15)16)10-12-8-2/h(H,13,14)(H,15,16)(H,7,9,11)(H,8,10,12)/p-2. The van der Waals surface area contributed by atoms with Crippen LogP contribution in [0.4, 0.5) is 0 Å². The van der Waals surface area contributed by atoms with Gasteiger partial charge in [0.1, 0.15) is 22.8 Å². The van der Waals surface area contributed by atoms with E-state index in [4.69, 9.17) is 0 Å². The van der Waals surface area contributed by atoms with E-state index in [9.17, 15) is 19.8 Å². The summed E-state index contributed by atoms with van der Waals surface area (Å²) in [5.74, 6) is -3.23. The molecule has 0 aliphatic rings. The second kappa shape index (κ2) is 3.42. The normalized spacial score (nSPS) is 10.2. The van der Waals surface area contributed by atoms with Gasteiger partial charge in [-0.2, -0.15) is 30.8 Å². The SMILES string of the molecule is O=C([O-])c1n[nH]nc1-c1n[nH]nc1C(=O)[O-]. The molecule has 0 amide bonds. The topological polar surface area (TPSA) is 163 Å². The molecule has 0 aliphatic heterocycles. The molecule has 10 heteroatoms. The smallest absolute Gasteiger partial charge is 0.144 e. The fourth-order valence-corrected chi connectivity index (χ4v) is 1.08. The number of carbonyl (C=O) groups is 2. The summed E-state index contributed by atoms with van der Waals surface area (Å²) < 4.78 is 0. The zero-order valence-corrected chi connectivity index (χ0v) is 7.42. The monoisotopic (exact) mass is 222 g/mol. The quantitative estimate of drug-likeness (QED) is 0.535. The van der Waals surface area contributed by atoms with Crippen LogP contribution in [0.3, 0.4) is 0 Å². The summed E-state index contributed by atoms with van der Waals surface area (Å²) in [7, 11) is 0. The molecule has 16 heavy (non-hydrogen) atoms. The number of rotatable bonds is 3. The van der Waals surface area contributed by atoms with Crippen molar-refractivity contribution in [3.63, 3.8) is 0 Å². The zero-order chi connectivity index (χ0) is 11.7. The fraction of sp³-hybridized carbons (Fsp3) is 0. The molecular weight excluding hydrogens is 220 g/mol. The van der Waals surface area contributed by atoms with Gasteiger partial charge in [-0.15, -0.1) is 0 Å². The molecule has 10 nitrogen and oxygen atoms in total. The second-order valence-corrected chi connectivity index (χ2v) is 2.62. The first-order chi connectivity index (χ1) is 7.61. The maximum atomic E-state index is 10.6. The molecule has 2 rings (SSSR count). The number of aromatic amines is 2. The van der Waals surface area contributed by atoms with E-state index in [1.54, 1.807) is 0 Å². The average Bonchev–Trinajstić information content (AvgIpc) is 2.85. The maximum Gasteiger partial charge on any atom is 0.144 e. The van der Waals surface area contributed by atoms with Crippen LogP contribution >= 0.6 is 0 Å². The predicted molar refractivity (Wildman–Crippen MR) is 40.4 cm³/mol. The highest BCUT2D eigenvalue weighted by Gasteiger charge is 2.19. The van der Waals surface area contributed by atoms with Gasteiger partial charge in [0.15, 0.2) is 0 Å². The fourth-order valence-electron chi connectivity index (χ4n) is 1.08. The minimum absolute atomic E-state index is 0.284. The molecule has 0 fully saturated rings. The Bertz CT molecular complexity index is 507. The van der Waals surface area contributed by atoms with Crippen LogP contribution in [0.1, 0.15) is 21.0 Å². The number of carboxylic acids is 2. The third kappa shape index (κ3) is 1.37. The van der Waals surface area contributed by atoms with Crippen LogP contribution in [0, 0.1) is 0 Å². The van der Waals surface area contributed by atoms with Gasteiger partial charge in [0.2, 0.25) is 0 Å². The molecule has 2 N–H and O–H groups in total. The number of hydrogen-bond acceptors (Lipinski definition) is 8. The number of H-pyrrole nitrogens is 2. The lowest BCUT2D eigenvalue weighted by molar-refractivity contribution is -0.256. The summed E-state index contributed by atoms with van der Waals surface area (Å²) in [6, 6.07) is 0. The summed E-state index contributed by atoms with van der Waals surface area (Å²) in [6.07, 6.45) is 0. The number of aromatic nitrogens is 6. The molecule has 0 saturated carbocycles. The largest absolute Gasteiger partial charge is 0.543 e. The highest BCUT2D eigenvalue weighted by molar-refractivity contribution is 5.96. The van der Waals surface area contributed by atoms with E-state index in [0.717, 1.165) is 0 Å². The van der Waals surface area contributed by atoms with E-state index in [-0.39, 0.29) is 11.4 Å². The molecule has 2 heterocycles. The van der Waals surface area contributed by atoms with Crippen molar-refractivity contribution in [3.8, 4) is 11.4 Å². The Balaban J connectivity index is 2.59. The Morgan fingerprint density at radius 3 is 1.50 bits per heavy atom. The number of nitrogens with zero attached hydrogens (tertiary/aromatic N) is 4. The maximum absolute atomic E-state index is 10.6. The molecule has 2 aromatic heterocycles. The molecule has 0 aliphatic carbocycles. The minimum Gasteiger partial charge on any atom is -0.543 e. The summed E-state index contributed by atoms with van der Waals surface area (Å²) >= 11 is 0. The molecule has 0 saturated heterocycles. The molecule has 2 aromatic rings. The summed E-state index contributed by atoms with van der Waals surface area (Å²) in [5.41, 5.74) is -1.69. The van der Waals surface area contributed by atoms with Crippen LogP contribution in [0.5, 0.6) is 0 Å². The lowest BCUT2D eigenvalue weighted by atomic mass is 10.2. The van der Waals surface area contributed by atoms with Crippen LogP contribution in [0.2, 0.25) is 0 Å². The van der Waals surface area contributed by atoms with E-state index in [0.29, 0.717) is 0 Å². The zero-order valence-electron chi connectivity index (χ0n) is 7.42. The van der Waals surface area contributed by atoms with E-state index < -0.39 is 23.3 Å². The first-order valence-electron chi connectivity index (χ1n) is 3.86. The lowest BCUT2D eigenvalue weighted by Crippen LogP contribution is -2.25. The Labute approximate surface area is 86.3 Å². The van der Waals surface area contributed by atoms with Gasteiger partial charge in [-0.3, -0.25) is 0 Å².